The number of pyridine rings is 1. The first kappa shape index (κ1) is 13.6. The molecule has 0 radical (unpaired) electrons. The molecule has 19 heavy (non-hydrogen) atoms. The Morgan fingerprint density at radius 1 is 1.37 bits per heavy atom. The molecule has 0 fully saturated rings. The van der Waals surface area contributed by atoms with Gasteiger partial charge in [0.05, 0.1) is 13.4 Å². The molecule has 0 aliphatic heterocycles. The lowest BCUT2D eigenvalue weighted by molar-refractivity contribution is 0.376. The molecule has 4 nitrogen and oxygen atoms in total. The van der Waals surface area contributed by atoms with E-state index in [4.69, 9.17) is 9.15 Å². The lowest BCUT2D eigenvalue weighted by atomic mass is 10.0. The van der Waals surface area contributed by atoms with Crippen molar-refractivity contribution < 1.29 is 9.15 Å². The summed E-state index contributed by atoms with van der Waals surface area (Å²) >= 11 is 0. The summed E-state index contributed by atoms with van der Waals surface area (Å²) in [6, 6.07) is 8.02. The van der Waals surface area contributed by atoms with Gasteiger partial charge in [-0.15, -0.1) is 0 Å². The van der Waals surface area contributed by atoms with Crippen LogP contribution in [0.15, 0.2) is 41.1 Å². The molecule has 1 unspecified atom stereocenters. The fourth-order valence-corrected chi connectivity index (χ4v) is 2.08. The molecule has 102 valence electrons. The van der Waals surface area contributed by atoms with Gasteiger partial charge in [0.2, 0.25) is 5.88 Å². The monoisotopic (exact) mass is 260 g/mol. The van der Waals surface area contributed by atoms with Crippen molar-refractivity contribution in [1.82, 2.24) is 10.3 Å². The third-order valence-corrected chi connectivity index (χ3v) is 3.00. The van der Waals surface area contributed by atoms with Crippen molar-refractivity contribution in [3.8, 4) is 5.88 Å². The maximum Gasteiger partial charge on any atom is 0.217 e. The Kier molecular flexibility index (Phi) is 4.98. The second kappa shape index (κ2) is 6.95. The van der Waals surface area contributed by atoms with Gasteiger partial charge in [0.25, 0.3) is 0 Å². The van der Waals surface area contributed by atoms with Gasteiger partial charge in [-0.25, -0.2) is 4.98 Å². The average molecular weight is 260 g/mol. The summed E-state index contributed by atoms with van der Waals surface area (Å²) in [7, 11) is 1.65. The maximum absolute atomic E-state index is 5.44. The van der Waals surface area contributed by atoms with E-state index in [1.54, 1.807) is 19.6 Å². The number of rotatable bonds is 7. The van der Waals surface area contributed by atoms with Crippen molar-refractivity contribution in [3.63, 3.8) is 0 Å². The second-order valence-electron chi connectivity index (χ2n) is 4.39. The fraction of sp³-hybridized carbons (Fsp3) is 0.400. The van der Waals surface area contributed by atoms with Gasteiger partial charge in [-0.05, 0) is 31.2 Å². The van der Waals surface area contributed by atoms with Crippen molar-refractivity contribution in [1.29, 1.82) is 0 Å². The Labute approximate surface area is 113 Å². The van der Waals surface area contributed by atoms with E-state index < -0.39 is 0 Å². The minimum absolute atomic E-state index is 0.148. The highest BCUT2D eigenvalue weighted by Crippen LogP contribution is 2.25. The van der Waals surface area contributed by atoms with Crippen LogP contribution in [0.5, 0.6) is 5.88 Å². The maximum atomic E-state index is 5.44. The normalized spacial score (nSPS) is 12.3. The van der Waals surface area contributed by atoms with Crippen LogP contribution in [0.2, 0.25) is 0 Å². The van der Waals surface area contributed by atoms with Crippen LogP contribution < -0.4 is 10.1 Å². The van der Waals surface area contributed by atoms with E-state index in [-0.39, 0.29) is 6.04 Å². The summed E-state index contributed by atoms with van der Waals surface area (Å²) in [5, 5.41) is 3.52. The van der Waals surface area contributed by atoms with E-state index in [0.29, 0.717) is 5.88 Å². The smallest absolute Gasteiger partial charge is 0.217 e. The van der Waals surface area contributed by atoms with Gasteiger partial charge in [-0.1, -0.05) is 13.0 Å². The summed E-state index contributed by atoms with van der Waals surface area (Å²) in [4.78, 5) is 4.26. The number of furan rings is 1. The topological polar surface area (TPSA) is 47.3 Å². The fourth-order valence-electron chi connectivity index (χ4n) is 2.08. The molecule has 0 saturated heterocycles. The number of nitrogens with zero attached hydrogens (tertiary/aromatic N) is 1. The van der Waals surface area contributed by atoms with Crippen LogP contribution >= 0.6 is 0 Å². The molecular formula is C15H20N2O2. The molecule has 0 aliphatic carbocycles. The summed E-state index contributed by atoms with van der Waals surface area (Å²) in [5.74, 6) is 1.63. The van der Waals surface area contributed by atoms with Crippen LogP contribution in [0.1, 0.15) is 30.7 Å². The Bertz CT molecular complexity index is 483. The zero-order chi connectivity index (χ0) is 13.5. The highest BCUT2D eigenvalue weighted by molar-refractivity contribution is 5.30. The number of methoxy groups -OCH3 is 1. The highest BCUT2D eigenvalue weighted by atomic mass is 16.5. The van der Waals surface area contributed by atoms with Crippen molar-refractivity contribution in [3.05, 3.63) is 48.0 Å². The lowest BCUT2D eigenvalue weighted by Crippen LogP contribution is -2.24. The summed E-state index contributed by atoms with van der Waals surface area (Å²) in [6.07, 6.45) is 5.31. The largest absolute Gasteiger partial charge is 0.481 e. The zero-order valence-electron chi connectivity index (χ0n) is 11.4. The van der Waals surface area contributed by atoms with E-state index in [0.717, 1.165) is 30.7 Å². The number of nitrogens with one attached hydrogen (secondary N) is 1. The molecule has 0 saturated carbocycles. The molecule has 0 spiro atoms. The van der Waals surface area contributed by atoms with Crippen LogP contribution in [-0.2, 0) is 6.42 Å². The molecule has 1 N–H and O–H groups in total. The quantitative estimate of drug-likeness (QED) is 0.831. The van der Waals surface area contributed by atoms with Crippen LogP contribution in [-0.4, -0.2) is 18.6 Å². The zero-order valence-corrected chi connectivity index (χ0v) is 11.4. The Hall–Kier alpha value is -1.81. The number of aromatic nitrogens is 1. The number of hydrogen-bond donors (Lipinski definition) is 1. The van der Waals surface area contributed by atoms with Gasteiger partial charge in [0, 0.05) is 24.2 Å². The molecule has 0 bridgehead atoms. The molecule has 0 aliphatic rings. The molecule has 0 amide bonds. The Morgan fingerprint density at radius 2 is 2.26 bits per heavy atom. The Balaban J connectivity index is 2.20. The highest BCUT2D eigenvalue weighted by Gasteiger charge is 2.17. The van der Waals surface area contributed by atoms with Crippen molar-refractivity contribution in [2.45, 2.75) is 25.8 Å². The van der Waals surface area contributed by atoms with Crippen LogP contribution in [0.25, 0.3) is 0 Å². The molecule has 0 aromatic carbocycles. The van der Waals surface area contributed by atoms with Crippen LogP contribution in [0, 0.1) is 0 Å². The molecule has 1 atom stereocenters. The average Bonchev–Trinajstić information content (AvgIpc) is 2.96. The summed E-state index contributed by atoms with van der Waals surface area (Å²) in [6.45, 7) is 3.10. The second-order valence-corrected chi connectivity index (χ2v) is 4.39. The van der Waals surface area contributed by atoms with Crippen molar-refractivity contribution >= 4 is 0 Å². The van der Waals surface area contributed by atoms with Gasteiger partial charge in [-0.2, -0.15) is 0 Å². The van der Waals surface area contributed by atoms with Gasteiger partial charge in [0.1, 0.15) is 5.76 Å². The third kappa shape index (κ3) is 3.58. The SMILES string of the molecule is CCCNC(Cc1ccco1)c1cccnc1OC. The molecular weight excluding hydrogens is 240 g/mol. The van der Waals surface area contributed by atoms with Crippen molar-refractivity contribution in [2.24, 2.45) is 0 Å². The van der Waals surface area contributed by atoms with Gasteiger partial charge in [0.15, 0.2) is 0 Å². The number of hydrogen-bond acceptors (Lipinski definition) is 4. The molecule has 2 aromatic heterocycles. The van der Waals surface area contributed by atoms with Crippen molar-refractivity contribution in [2.75, 3.05) is 13.7 Å². The molecule has 2 rings (SSSR count). The van der Waals surface area contributed by atoms with Crippen LogP contribution in [0.4, 0.5) is 0 Å². The predicted octanol–water partition coefficient (Wildman–Crippen LogP) is 2.97. The minimum atomic E-state index is 0.148. The minimum Gasteiger partial charge on any atom is -0.481 e. The standard InChI is InChI=1S/C15H20N2O2/c1-3-8-16-14(11-12-6-5-10-19-12)13-7-4-9-17-15(13)18-2/h4-7,9-10,14,16H,3,8,11H2,1-2H3. The first-order chi connectivity index (χ1) is 9.35. The van der Waals surface area contributed by atoms with Crippen LogP contribution in [0.3, 0.4) is 0 Å². The summed E-state index contributed by atoms with van der Waals surface area (Å²) in [5.41, 5.74) is 1.06. The predicted molar refractivity (Wildman–Crippen MR) is 74.2 cm³/mol. The van der Waals surface area contributed by atoms with E-state index >= 15 is 0 Å². The Morgan fingerprint density at radius 3 is 2.95 bits per heavy atom. The van der Waals surface area contributed by atoms with E-state index in [9.17, 15) is 0 Å². The van der Waals surface area contributed by atoms with E-state index in [1.807, 2.05) is 24.3 Å². The first-order valence-electron chi connectivity index (χ1n) is 6.59. The summed E-state index contributed by atoms with van der Waals surface area (Å²) < 4.78 is 10.8. The van der Waals surface area contributed by atoms with E-state index in [1.165, 1.54) is 0 Å². The first-order valence-corrected chi connectivity index (χ1v) is 6.59. The van der Waals surface area contributed by atoms with Gasteiger partial charge < -0.3 is 14.5 Å². The molecule has 2 aromatic rings. The third-order valence-electron chi connectivity index (χ3n) is 3.00. The molecule has 2 heterocycles. The van der Waals surface area contributed by atoms with Gasteiger partial charge >= 0.3 is 0 Å². The lowest BCUT2D eigenvalue weighted by Gasteiger charge is -2.19. The number of ether oxygens (including phenoxy) is 1. The molecule has 4 heteroatoms. The van der Waals surface area contributed by atoms with Gasteiger partial charge in [-0.3, -0.25) is 0 Å². The van der Waals surface area contributed by atoms with E-state index in [2.05, 4.69) is 17.2 Å².